The molecule has 4 saturated carbocycles. The first-order valence-electron chi connectivity index (χ1n) is 13.0. The molecule has 172 valence electrons. The number of aliphatic hydroxyl groups is 1. The third-order valence-electron chi connectivity index (χ3n) is 10.6. The molecule has 3 heteroatoms. The smallest absolute Gasteiger partial charge is 0.306 e. The summed E-state index contributed by atoms with van der Waals surface area (Å²) in [5, 5.41) is 10.3. The van der Waals surface area contributed by atoms with E-state index in [9.17, 15) is 9.90 Å². The first kappa shape index (κ1) is 22.6. The Morgan fingerprint density at radius 2 is 1.67 bits per heavy atom. The fraction of sp³-hybridized carbons (Fsp3) is 0.963. The van der Waals surface area contributed by atoms with Crippen molar-refractivity contribution in [3.05, 3.63) is 0 Å². The second kappa shape index (κ2) is 8.41. The summed E-state index contributed by atoms with van der Waals surface area (Å²) in [4.78, 5) is 12.1. The number of hydrogen-bond donors (Lipinski definition) is 1. The molecule has 0 bridgehead atoms. The summed E-state index contributed by atoms with van der Waals surface area (Å²) in [5.41, 5.74) is 0.924. The number of fused-ring (bicyclic) bond motifs is 5. The second-order valence-corrected chi connectivity index (χ2v) is 12.4. The minimum Gasteiger partial charge on any atom is -0.463 e. The molecule has 1 N–H and O–H groups in total. The minimum absolute atomic E-state index is 0.00569. The summed E-state index contributed by atoms with van der Waals surface area (Å²) < 4.78 is 5.38. The SMILES string of the molecule is CC(C)OC(=O)CC[C@@H](C)[C@H]1CCC2C3CCC4C[C@H](O)CC[C@]4(C)C3CC[C@@]21C. The summed E-state index contributed by atoms with van der Waals surface area (Å²) in [6, 6.07) is 0. The van der Waals surface area contributed by atoms with Crippen molar-refractivity contribution in [2.24, 2.45) is 46.3 Å². The van der Waals surface area contributed by atoms with Crippen molar-refractivity contribution >= 4 is 5.97 Å². The van der Waals surface area contributed by atoms with Crippen LogP contribution in [0.1, 0.15) is 105 Å². The molecule has 30 heavy (non-hydrogen) atoms. The lowest BCUT2D eigenvalue weighted by atomic mass is 9.44. The van der Waals surface area contributed by atoms with E-state index in [0.29, 0.717) is 23.2 Å². The fourth-order valence-corrected chi connectivity index (χ4v) is 9.08. The van der Waals surface area contributed by atoms with E-state index >= 15 is 0 Å². The molecular weight excluding hydrogens is 372 g/mol. The maximum atomic E-state index is 12.1. The van der Waals surface area contributed by atoms with E-state index < -0.39 is 0 Å². The molecule has 4 rings (SSSR count). The lowest BCUT2D eigenvalue weighted by Crippen LogP contribution is -2.54. The molecule has 4 fully saturated rings. The number of aliphatic hydroxyl groups excluding tert-OH is 1. The van der Waals surface area contributed by atoms with Gasteiger partial charge in [0.25, 0.3) is 0 Å². The highest BCUT2D eigenvalue weighted by molar-refractivity contribution is 5.69. The number of rotatable bonds is 5. The summed E-state index contributed by atoms with van der Waals surface area (Å²) in [5.74, 6) is 4.72. The molecule has 0 saturated heterocycles. The highest BCUT2D eigenvalue weighted by atomic mass is 16.5. The van der Waals surface area contributed by atoms with Gasteiger partial charge in [0.05, 0.1) is 12.2 Å². The zero-order valence-corrected chi connectivity index (χ0v) is 20.2. The average molecular weight is 419 g/mol. The Kier molecular flexibility index (Phi) is 6.34. The third kappa shape index (κ3) is 3.86. The molecule has 0 amide bonds. The van der Waals surface area contributed by atoms with Crippen LogP contribution in [0.25, 0.3) is 0 Å². The monoisotopic (exact) mass is 418 g/mol. The lowest BCUT2D eigenvalue weighted by molar-refractivity contribution is -0.148. The zero-order chi connectivity index (χ0) is 21.7. The Balaban J connectivity index is 1.43. The van der Waals surface area contributed by atoms with Crippen molar-refractivity contribution in [2.75, 3.05) is 0 Å². The molecule has 0 spiro atoms. The van der Waals surface area contributed by atoms with Crippen LogP contribution in [0, 0.1) is 46.3 Å². The van der Waals surface area contributed by atoms with Gasteiger partial charge in [0.1, 0.15) is 0 Å². The molecule has 4 aliphatic rings. The summed E-state index contributed by atoms with van der Waals surface area (Å²) in [6.45, 7) is 11.5. The van der Waals surface area contributed by atoms with Crippen LogP contribution < -0.4 is 0 Å². The van der Waals surface area contributed by atoms with Crippen molar-refractivity contribution < 1.29 is 14.6 Å². The Labute approximate surface area is 184 Å². The predicted octanol–water partition coefficient (Wildman–Crippen LogP) is 6.37. The molecule has 4 aliphatic carbocycles. The largest absolute Gasteiger partial charge is 0.463 e. The molecule has 0 aromatic carbocycles. The van der Waals surface area contributed by atoms with Crippen molar-refractivity contribution in [3.63, 3.8) is 0 Å². The van der Waals surface area contributed by atoms with Crippen LogP contribution in [-0.4, -0.2) is 23.3 Å². The first-order chi connectivity index (χ1) is 14.1. The van der Waals surface area contributed by atoms with E-state index in [1.807, 2.05) is 13.8 Å². The molecule has 0 aliphatic heterocycles. The lowest BCUT2D eigenvalue weighted by Gasteiger charge is -2.61. The van der Waals surface area contributed by atoms with Crippen LogP contribution in [-0.2, 0) is 9.53 Å². The molecule has 9 atom stereocenters. The van der Waals surface area contributed by atoms with Gasteiger partial charge in [-0.05, 0) is 124 Å². The summed E-state index contributed by atoms with van der Waals surface area (Å²) >= 11 is 0. The van der Waals surface area contributed by atoms with Gasteiger partial charge in [-0.1, -0.05) is 20.8 Å². The van der Waals surface area contributed by atoms with Gasteiger partial charge in [0.15, 0.2) is 0 Å². The minimum atomic E-state index is -0.0485. The van der Waals surface area contributed by atoms with E-state index in [0.717, 1.165) is 48.9 Å². The number of carbonyl (C=O) groups excluding carboxylic acids is 1. The Morgan fingerprint density at radius 3 is 2.40 bits per heavy atom. The summed E-state index contributed by atoms with van der Waals surface area (Å²) in [6.07, 6.45) is 13.0. The molecule has 0 aromatic rings. The normalized spacial score (nSPS) is 46.6. The molecule has 0 aromatic heterocycles. The van der Waals surface area contributed by atoms with E-state index in [1.165, 1.54) is 44.9 Å². The standard InChI is InChI=1S/C27H46O3/c1-17(2)30-25(29)11-6-18(3)22-9-10-23-21-8-7-19-16-20(28)12-14-26(19,4)24(21)13-15-27(22,23)5/h17-24,28H,6-16H2,1-5H3/t18-,19?,20-,21?,22-,23?,24?,26+,27-/m1/s1. The molecule has 0 heterocycles. The highest BCUT2D eigenvalue weighted by Crippen LogP contribution is 2.68. The number of ether oxygens (including phenoxy) is 1. The van der Waals surface area contributed by atoms with Crippen molar-refractivity contribution in [3.8, 4) is 0 Å². The van der Waals surface area contributed by atoms with Gasteiger partial charge in [0, 0.05) is 6.42 Å². The fourth-order valence-electron chi connectivity index (χ4n) is 9.08. The third-order valence-corrected chi connectivity index (χ3v) is 10.6. The maximum absolute atomic E-state index is 12.1. The van der Waals surface area contributed by atoms with Crippen molar-refractivity contribution in [1.29, 1.82) is 0 Å². The maximum Gasteiger partial charge on any atom is 0.306 e. The number of esters is 1. The highest BCUT2D eigenvalue weighted by Gasteiger charge is 2.60. The quantitative estimate of drug-likeness (QED) is 0.527. The Morgan fingerprint density at radius 1 is 0.967 bits per heavy atom. The van der Waals surface area contributed by atoms with E-state index in [-0.39, 0.29) is 18.2 Å². The molecular formula is C27H46O3. The van der Waals surface area contributed by atoms with Gasteiger partial charge >= 0.3 is 5.97 Å². The molecule has 3 nitrogen and oxygen atoms in total. The number of carbonyl (C=O) groups is 1. The van der Waals surface area contributed by atoms with Gasteiger partial charge < -0.3 is 9.84 Å². The van der Waals surface area contributed by atoms with Gasteiger partial charge in [-0.3, -0.25) is 4.79 Å². The van der Waals surface area contributed by atoms with Crippen LogP contribution in [0.4, 0.5) is 0 Å². The van der Waals surface area contributed by atoms with Crippen LogP contribution in [0.5, 0.6) is 0 Å². The zero-order valence-electron chi connectivity index (χ0n) is 20.2. The van der Waals surface area contributed by atoms with Crippen LogP contribution in [0.3, 0.4) is 0 Å². The van der Waals surface area contributed by atoms with Crippen LogP contribution in [0.2, 0.25) is 0 Å². The van der Waals surface area contributed by atoms with Crippen molar-refractivity contribution in [1.82, 2.24) is 0 Å². The van der Waals surface area contributed by atoms with Crippen LogP contribution >= 0.6 is 0 Å². The molecule has 0 radical (unpaired) electrons. The van der Waals surface area contributed by atoms with Crippen LogP contribution in [0.15, 0.2) is 0 Å². The van der Waals surface area contributed by atoms with Crippen molar-refractivity contribution in [2.45, 2.75) is 117 Å². The van der Waals surface area contributed by atoms with Gasteiger partial charge in [-0.2, -0.15) is 0 Å². The van der Waals surface area contributed by atoms with Gasteiger partial charge in [0.2, 0.25) is 0 Å². The van der Waals surface area contributed by atoms with E-state index in [4.69, 9.17) is 4.74 Å². The first-order valence-corrected chi connectivity index (χ1v) is 13.0. The summed E-state index contributed by atoms with van der Waals surface area (Å²) in [7, 11) is 0. The predicted molar refractivity (Wildman–Crippen MR) is 121 cm³/mol. The number of hydrogen-bond acceptors (Lipinski definition) is 3. The molecule has 4 unspecified atom stereocenters. The van der Waals surface area contributed by atoms with Gasteiger partial charge in [-0.15, -0.1) is 0 Å². The van der Waals surface area contributed by atoms with E-state index in [2.05, 4.69) is 20.8 Å². The Hall–Kier alpha value is -0.570. The van der Waals surface area contributed by atoms with Gasteiger partial charge in [-0.25, -0.2) is 0 Å². The van der Waals surface area contributed by atoms with E-state index in [1.54, 1.807) is 0 Å². The Bertz CT molecular complexity index is 630. The average Bonchev–Trinajstić information content (AvgIpc) is 3.03. The second-order valence-electron chi connectivity index (χ2n) is 12.4. The topological polar surface area (TPSA) is 46.5 Å².